The van der Waals surface area contributed by atoms with Crippen molar-refractivity contribution in [3.63, 3.8) is 0 Å². The van der Waals surface area contributed by atoms with E-state index in [-0.39, 0.29) is 11.9 Å². The lowest BCUT2D eigenvalue weighted by molar-refractivity contribution is -0.119. The lowest BCUT2D eigenvalue weighted by atomic mass is 9.94. The molecule has 0 aromatic rings. The molecule has 1 aliphatic carbocycles. The normalized spacial score (nSPS) is 31.5. The summed E-state index contributed by atoms with van der Waals surface area (Å²) in [7, 11) is 0. The Kier molecular flexibility index (Phi) is 2.85. The highest BCUT2D eigenvalue weighted by molar-refractivity contribution is 5.73. The van der Waals surface area contributed by atoms with Crippen molar-refractivity contribution in [3.8, 4) is 0 Å². The molecule has 0 bridgehead atoms. The summed E-state index contributed by atoms with van der Waals surface area (Å²) in [6, 6.07) is 0.222. The Morgan fingerprint density at radius 3 is 2.36 bits per heavy atom. The Morgan fingerprint density at radius 2 is 1.91 bits per heavy atom. The number of rotatable bonds is 1. The summed E-state index contributed by atoms with van der Waals surface area (Å²) in [5.41, 5.74) is 0. The predicted molar refractivity (Wildman–Crippen MR) is 41.0 cm³/mol. The molecule has 0 spiro atoms. The lowest BCUT2D eigenvalue weighted by Crippen LogP contribution is -2.36. The van der Waals surface area contributed by atoms with E-state index in [0.29, 0.717) is 12.8 Å². The van der Waals surface area contributed by atoms with E-state index in [0.717, 1.165) is 12.8 Å². The maximum absolute atomic E-state index is 12.6. The molecule has 64 valence electrons. The third-order valence-electron chi connectivity index (χ3n) is 2.06. The summed E-state index contributed by atoms with van der Waals surface area (Å²) >= 11 is 0. The number of alkyl halides is 1. The number of carbonyl (C=O) groups is 1. The van der Waals surface area contributed by atoms with Crippen molar-refractivity contribution in [2.75, 3.05) is 0 Å². The van der Waals surface area contributed by atoms with Crippen LogP contribution in [0.2, 0.25) is 0 Å². The van der Waals surface area contributed by atoms with Crippen LogP contribution in [0, 0.1) is 0 Å². The molecule has 0 aliphatic heterocycles. The van der Waals surface area contributed by atoms with E-state index >= 15 is 0 Å². The van der Waals surface area contributed by atoms with E-state index in [1.54, 1.807) is 0 Å². The first-order valence-corrected chi connectivity index (χ1v) is 4.09. The molecule has 1 fully saturated rings. The van der Waals surface area contributed by atoms with Crippen LogP contribution in [0.25, 0.3) is 0 Å². The summed E-state index contributed by atoms with van der Waals surface area (Å²) in [6.45, 7) is 1.50. The van der Waals surface area contributed by atoms with Crippen molar-refractivity contribution in [2.45, 2.75) is 44.8 Å². The number of halogens is 1. The Bertz CT molecular complexity index is 141. The Labute approximate surface area is 66.2 Å². The molecule has 0 unspecified atom stereocenters. The van der Waals surface area contributed by atoms with Crippen LogP contribution in [0.3, 0.4) is 0 Å². The molecule has 2 nitrogen and oxygen atoms in total. The molecule has 0 heterocycles. The van der Waals surface area contributed by atoms with Crippen molar-refractivity contribution < 1.29 is 9.18 Å². The fourth-order valence-corrected chi connectivity index (χ4v) is 1.48. The second-order valence-corrected chi connectivity index (χ2v) is 3.15. The van der Waals surface area contributed by atoms with Gasteiger partial charge < -0.3 is 5.32 Å². The maximum Gasteiger partial charge on any atom is 0.217 e. The highest BCUT2D eigenvalue weighted by atomic mass is 19.1. The van der Waals surface area contributed by atoms with Crippen LogP contribution in [0.4, 0.5) is 4.39 Å². The topological polar surface area (TPSA) is 29.1 Å². The predicted octanol–water partition coefficient (Wildman–Crippen LogP) is 1.40. The molecule has 0 radical (unpaired) electrons. The molecule has 1 amide bonds. The van der Waals surface area contributed by atoms with Crippen LogP contribution >= 0.6 is 0 Å². The molecule has 1 saturated carbocycles. The van der Waals surface area contributed by atoms with Gasteiger partial charge in [-0.3, -0.25) is 4.79 Å². The monoisotopic (exact) mass is 159 g/mol. The molecular formula is C8H14FNO. The summed E-state index contributed by atoms with van der Waals surface area (Å²) in [6.07, 6.45) is 2.15. The minimum atomic E-state index is -0.639. The maximum atomic E-state index is 12.6. The second-order valence-electron chi connectivity index (χ2n) is 3.15. The van der Waals surface area contributed by atoms with E-state index in [2.05, 4.69) is 5.32 Å². The van der Waals surface area contributed by atoms with Crippen LogP contribution in [-0.2, 0) is 4.79 Å². The van der Waals surface area contributed by atoms with Crippen molar-refractivity contribution in [2.24, 2.45) is 0 Å². The average molecular weight is 159 g/mol. The molecule has 0 saturated heterocycles. The third-order valence-corrected chi connectivity index (χ3v) is 2.06. The molecule has 1 N–H and O–H groups in total. The Hall–Kier alpha value is -0.600. The van der Waals surface area contributed by atoms with Gasteiger partial charge in [0.2, 0.25) is 5.91 Å². The molecule has 0 atom stereocenters. The van der Waals surface area contributed by atoms with E-state index in [1.807, 2.05) is 0 Å². The molecule has 1 aliphatic rings. The van der Waals surface area contributed by atoms with E-state index in [9.17, 15) is 9.18 Å². The molecule has 1 rings (SSSR count). The van der Waals surface area contributed by atoms with Gasteiger partial charge >= 0.3 is 0 Å². The Morgan fingerprint density at radius 1 is 1.36 bits per heavy atom. The summed E-state index contributed by atoms with van der Waals surface area (Å²) in [5.74, 6) is -0.00712. The van der Waals surface area contributed by atoms with Gasteiger partial charge in [-0.15, -0.1) is 0 Å². The van der Waals surface area contributed by atoms with Gasteiger partial charge in [0.15, 0.2) is 0 Å². The second kappa shape index (κ2) is 3.69. The molecule has 3 heteroatoms. The zero-order valence-electron chi connectivity index (χ0n) is 6.77. The van der Waals surface area contributed by atoms with Crippen molar-refractivity contribution in [1.82, 2.24) is 5.32 Å². The first kappa shape index (κ1) is 8.50. The van der Waals surface area contributed by atoms with Crippen molar-refractivity contribution in [3.05, 3.63) is 0 Å². The number of amides is 1. The SMILES string of the molecule is CC(=O)NC1CCC(F)CC1. The minimum absolute atomic E-state index is 0.00712. The van der Waals surface area contributed by atoms with E-state index in [1.165, 1.54) is 6.92 Å². The van der Waals surface area contributed by atoms with Gasteiger partial charge in [0.1, 0.15) is 6.17 Å². The molecule has 11 heavy (non-hydrogen) atoms. The van der Waals surface area contributed by atoms with E-state index < -0.39 is 6.17 Å². The largest absolute Gasteiger partial charge is 0.354 e. The molecular weight excluding hydrogens is 145 g/mol. The van der Waals surface area contributed by atoms with Gasteiger partial charge in [-0.2, -0.15) is 0 Å². The zero-order chi connectivity index (χ0) is 8.27. The van der Waals surface area contributed by atoms with Crippen LogP contribution in [-0.4, -0.2) is 18.1 Å². The lowest BCUT2D eigenvalue weighted by Gasteiger charge is -2.24. The van der Waals surface area contributed by atoms with Crippen LogP contribution in [0.5, 0.6) is 0 Å². The molecule has 0 aromatic carbocycles. The summed E-state index contributed by atoms with van der Waals surface area (Å²) in [4.78, 5) is 10.6. The van der Waals surface area contributed by atoms with E-state index in [4.69, 9.17) is 0 Å². The van der Waals surface area contributed by atoms with Gasteiger partial charge in [0.25, 0.3) is 0 Å². The number of carbonyl (C=O) groups excluding carboxylic acids is 1. The third kappa shape index (κ3) is 2.87. The summed E-state index contributed by atoms with van der Waals surface area (Å²) in [5, 5.41) is 2.80. The van der Waals surface area contributed by atoms with Gasteiger partial charge in [0, 0.05) is 13.0 Å². The molecule has 0 aromatic heterocycles. The standard InChI is InChI=1S/C8H14FNO/c1-6(11)10-8-4-2-7(9)3-5-8/h7-8H,2-5H2,1H3,(H,10,11). The van der Waals surface area contributed by atoms with Gasteiger partial charge in [-0.1, -0.05) is 0 Å². The zero-order valence-corrected chi connectivity index (χ0v) is 6.77. The van der Waals surface area contributed by atoms with Crippen LogP contribution in [0.15, 0.2) is 0 Å². The number of hydrogen-bond donors (Lipinski definition) is 1. The smallest absolute Gasteiger partial charge is 0.217 e. The van der Waals surface area contributed by atoms with Crippen LogP contribution < -0.4 is 5.32 Å². The summed E-state index contributed by atoms with van der Waals surface area (Å²) < 4.78 is 12.6. The number of hydrogen-bond acceptors (Lipinski definition) is 1. The van der Waals surface area contributed by atoms with Crippen molar-refractivity contribution >= 4 is 5.91 Å². The Balaban J connectivity index is 2.22. The average Bonchev–Trinajstić information content (AvgIpc) is 1.93. The highest BCUT2D eigenvalue weighted by Gasteiger charge is 2.20. The van der Waals surface area contributed by atoms with Gasteiger partial charge in [0.05, 0.1) is 0 Å². The fraction of sp³-hybridized carbons (Fsp3) is 0.875. The minimum Gasteiger partial charge on any atom is -0.354 e. The highest BCUT2D eigenvalue weighted by Crippen LogP contribution is 2.20. The number of nitrogens with one attached hydrogen (secondary N) is 1. The first-order valence-electron chi connectivity index (χ1n) is 4.09. The van der Waals surface area contributed by atoms with Crippen LogP contribution in [0.1, 0.15) is 32.6 Å². The fourth-order valence-electron chi connectivity index (χ4n) is 1.48. The van der Waals surface area contributed by atoms with Gasteiger partial charge in [-0.25, -0.2) is 4.39 Å². The first-order chi connectivity index (χ1) is 5.18. The van der Waals surface area contributed by atoms with Gasteiger partial charge in [-0.05, 0) is 25.7 Å². The quantitative estimate of drug-likeness (QED) is 0.615. The van der Waals surface area contributed by atoms with Crippen molar-refractivity contribution in [1.29, 1.82) is 0 Å².